The predicted octanol–water partition coefficient (Wildman–Crippen LogP) is 3.88. The first kappa shape index (κ1) is 18.8. The fourth-order valence-corrected chi connectivity index (χ4v) is 3.47. The van der Waals surface area contributed by atoms with Crippen LogP contribution in [0.3, 0.4) is 0 Å². The van der Waals surface area contributed by atoms with Crippen molar-refractivity contribution in [3.05, 3.63) is 35.4 Å². The molecule has 1 aliphatic heterocycles. The largest absolute Gasteiger partial charge is 0.393 e. The number of piperidine rings is 1. The van der Waals surface area contributed by atoms with Crippen LogP contribution < -0.4 is 5.32 Å². The first-order valence-corrected chi connectivity index (χ1v) is 8.99. The highest BCUT2D eigenvalue weighted by Crippen LogP contribution is 2.34. The van der Waals surface area contributed by atoms with E-state index < -0.39 is 0 Å². The summed E-state index contributed by atoms with van der Waals surface area (Å²) in [5.74, 6) is 0.177. The molecule has 1 aliphatic rings. The summed E-state index contributed by atoms with van der Waals surface area (Å²) in [5, 5.41) is 13.1. The summed E-state index contributed by atoms with van der Waals surface area (Å²) < 4.78 is 0. The molecule has 4 nitrogen and oxygen atoms in total. The summed E-state index contributed by atoms with van der Waals surface area (Å²) in [6.07, 6.45) is 1.57. The van der Waals surface area contributed by atoms with Gasteiger partial charge in [-0.15, -0.1) is 0 Å². The van der Waals surface area contributed by atoms with Crippen LogP contribution in [0.5, 0.6) is 0 Å². The Morgan fingerprint density at radius 3 is 2.58 bits per heavy atom. The standard InChI is InChI=1S/C20H32N2O2/c1-14-9-6-7-11-17(14)18(20(3,4)5)21-19(24)22-12-8-10-16(13-22)15(2)23/h6-7,9,11,15-16,18,23H,8,10,12-13H2,1-5H3,(H,21,24). The molecular formula is C20H32N2O2. The van der Waals surface area contributed by atoms with E-state index in [0.29, 0.717) is 6.54 Å². The molecule has 2 N–H and O–H groups in total. The van der Waals surface area contributed by atoms with Crippen LogP contribution in [0.4, 0.5) is 4.79 Å². The fourth-order valence-electron chi connectivity index (χ4n) is 3.47. The van der Waals surface area contributed by atoms with Gasteiger partial charge in [0.05, 0.1) is 12.1 Å². The molecule has 0 bridgehead atoms. The van der Waals surface area contributed by atoms with E-state index in [-0.39, 0.29) is 29.5 Å². The first-order chi connectivity index (χ1) is 11.2. The second kappa shape index (κ2) is 7.56. The second-order valence-corrected chi connectivity index (χ2v) is 8.19. The quantitative estimate of drug-likeness (QED) is 0.882. The van der Waals surface area contributed by atoms with E-state index in [9.17, 15) is 9.90 Å². The van der Waals surface area contributed by atoms with Crippen LogP contribution >= 0.6 is 0 Å². The van der Waals surface area contributed by atoms with E-state index in [1.807, 2.05) is 24.0 Å². The first-order valence-electron chi connectivity index (χ1n) is 8.99. The Morgan fingerprint density at radius 1 is 1.33 bits per heavy atom. The van der Waals surface area contributed by atoms with Crippen molar-refractivity contribution < 1.29 is 9.90 Å². The van der Waals surface area contributed by atoms with Gasteiger partial charge in [-0.05, 0) is 43.2 Å². The van der Waals surface area contributed by atoms with Crippen molar-refractivity contribution in [2.24, 2.45) is 11.3 Å². The number of nitrogens with one attached hydrogen (secondary N) is 1. The maximum absolute atomic E-state index is 12.8. The number of hydrogen-bond acceptors (Lipinski definition) is 2. The zero-order chi connectivity index (χ0) is 17.9. The monoisotopic (exact) mass is 332 g/mol. The summed E-state index contributed by atoms with van der Waals surface area (Å²) in [6, 6.07) is 8.17. The van der Waals surface area contributed by atoms with Gasteiger partial charge in [0.1, 0.15) is 0 Å². The molecule has 1 aromatic carbocycles. The van der Waals surface area contributed by atoms with Crippen LogP contribution in [0, 0.1) is 18.3 Å². The minimum atomic E-state index is -0.365. The van der Waals surface area contributed by atoms with Gasteiger partial charge in [0.15, 0.2) is 0 Å². The van der Waals surface area contributed by atoms with E-state index >= 15 is 0 Å². The molecule has 4 heteroatoms. The van der Waals surface area contributed by atoms with Crippen LogP contribution in [0.1, 0.15) is 57.7 Å². The van der Waals surface area contributed by atoms with Crippen LogP contribution in [-0.2, 0) is 0 Å². The number of carbonyl (C=O) groups is 1. The highest BCUT2D eigenvalue weighted by molar-refractivity contribution is 5.75. The van der Waals surface area contributed by atoms with Crippen LogP contribution in [-0.4, -0.2) is 35.2 Å². The van der Waals surface area contributed by atoms with E-state index in [0.717, 1.165) is 19.4 Å². The molecule has 1 heterocycles. The number of aryl methyl sites for hydroxylation is 1. The topological polar surface area (TPSA) is 52.6 Å². The molecule has 3 atom stereocenters. The molecule has 0 saturated carbocycles. The van der Waals surface area contributed by atoms with E-state index in [1.54, 1.807) is 0 Å². The highest BCUT2D eigenvalue weighted by atomic mass is 16.3. The molecule has 134 valence electrons. The number of benzene rings is 1. The van der Waals surface area contributed by atoms with Crippen LogP contribution in [0.25, 0.3) is 0 Å². The Morgan fingerprint density at radius 2 is 2.00 bits per heavy atom. The summed E-state index contributed by atoms with van der Waals surface area (Å²) in [6.45, 7) is 11.8. The number of aliphatic hydroxyl groups excluding tert-OH is 1. The molecule has 1 saturated heterocycles. The van der Waals surface area contributed by atoms with Crippen LogP contribution in [0.15, 0.2) is 24.3 Å². The molecule has 24 heavy (non-hydrogen) atoms. The third kappa shape index (κ3) is 4.50. The Kier molecular flexibility index (Phi) is 5.92. The van der Waals surface area contributed by atoms with E-state index in [2.05, 4.69) is 45.1 Å². The molecule has 3 unspecified atom stereocenters. The third-order valence-electron chi connectivity index (χ3n) is 5.06. The lowest BCUT2D eigenvalue weighted by Gasteiger charge is -2.38. The number of likely N-dealkylation sites (tertiary alicyclic amines) is 1. The Balaban J connectivity index is 2.15. The lowest BCUT2D eigenvalue weighted by molar-refractivity contribution is 0.0719. The zero-order valence-corrected chi connectivity index (χ0v) is 15.7. The van der Waals surface area contributed by atoms with E-state index in [1.165, 1.54) is 11.1 Å². The molecule has 0 aromatic heterocycles. The maximum Gasteiger partial charge on any atom is 0.317 e. The summed E-state index contributed by atoms with van der Waals surface area (Å²) in [7, 11) is 0. The van der Waals surface area contributed by atoms with Gasteiger partial charge in [0.25, 0.3) is 0 Å². The molecule has 2 rings (SSSR count). The Labute approximate surface area is 146 Å². The van der Waals surface area contributed by atoms with Gasteiger partial charge in [-0.25, -0.2) is 4.79 Å². The Hall–Kier alpha value is -1.55. The molecular weight excluding hydrogens is 300 g/mol. The predicted molar refractivity (Wildman–Crippen MR) is 97.9 cm³/mol. The van der Waals surface area contributed by atoms with Crippen molar-refractivity contribution in [3.63, 3.8) is 0 Å². The Bertz CT molecular complexity index is 563. The average molecular weight is 332 g/mol. The minimum Gasteiger partial charge on any atom is -0.393 e. The lowest BCUT2D eigenvalue weighted by atomic mass is 9.81. The zero-order valence-electron chi connectivity index (χ0n) is 15.7. The van der Waals surface area contributed by atoms with Crippen molar-refractivity contribution in [1.82, 2.24) is 10.2 Å². The van der Waals surface area contributed by atoms with Gasteiger partial charge in [-0.1, -0.05) is 45.0 Å². The normalized spacial score (nSPS) is 21.2. The van der Waals surface area contributed by atoms with Gasteiger partial charge in [-0.3, -0.25) is 0 Å². The number of nitrogens with zero attached hydrogens (tertiary/aromatic N) is 1. The van der Waals surface area contributed by atoms with Gasteiger partial charge >= 0.3 is 6.03 Å². The van der Waals surface area contributed by atoms with Crippen molar-refractivity contribution in [2.75, 3.05) is 13.1 Å². The minimum absolute atomic E-state index is 0.0245. The number of amides is 2. The molecule has 0 aliphatic carbocycles. The fraction of sp³-hybridized carbons (Fsp3) is 0.650. The van der Waals surface area contributed by atoms with Gasteiger partial charge in [0.2, 0.25) is 0 Å². The number of hydrogen-bond donors (Lipinski definition) is 2. The number of rotatable bonds is 3. The van der Waals surface area contributed by atoms with Crippen LogP contribution in [0.2, 0.25) is 0 Å². The third-order valence-corrected chi connectivity index (χ3v) is 5.06. The summed E-state index contributed by atoms with van der Waals surface area (Å²) >= 11 is 0. The number of aliphatic hydroxyl groups is 1. The maximum atomic E-state index is 12.8. The molecule has 0 spiro atoms. The average Bonchev–Trinajstić information content (AvgIpc) is 2.52. The smallest absolute Gasteiger partial charge is 0.317 e. The molecule has 1 aromatic rings. The van der Waals surface area contributed by atoms with Crippen molar-refractivity contribution >= 4 is 6.03 Å². The van der Waals surface area contributed by atoms with Crippen molar-refractivity contribution in [3.8, 4) is 0 Å². The number of carbonyl (C=O) groups excluding carboxylic acids is 1. The summed E-state index contributed by atoms with van der Waals surface area (Å²) in [5.41, 5.74) is 2.28. The van der Waals surface area contributed by atoms with Gasteiger partial charge < -0.3 is 15.3 Å². The van der Waals surface area contributed by atoms with Crippen molar-refractivity contribution in [2.45, 2.75) is 59.6 Å². The number of urea groups is 1. The molecule has 0 radical (unpaired) electrons. The van der Waals surface area contributed by atoms with E-state index in [4.69, 9.17) is 0 Å². The molecule has 1 fully saturated rings. The molecule has 2 amide bonds. The highest BCUT2D eigenvalue weighted by Gasteiger charge is 2.32. The van der Waals surface area contributed by atoms with Gasteiger partial charge in [-0.2, -0.15) is 0 Å². The SMILES string of the molecule is Cc1ccccc1C(NC(=O)N1CCCC(C(C)O)C1)C(C)(C)C. The van der Waals surface area contributed by atoms with Crippen molar-refractivity contribution in [1.29, 1.82) is 0 Å². The second-order valence-electron chi connectivity index (χ2n) is 8.19. The van der Waals surface area contributed by atoms with Gasteiger partial charge in [0, 0.05) is 19.0 Å². The summed E-state index contributed by atoms with van der Waals surface area (Å²) in [4.78, 5) is 14.7. The lowest BCUT2D eigenvalue weighted by Crippen LogP contribution is -2.50.